The van der Waals surface area contributed by atoms with Crippen molar-refractivity contribution in [3.8, 4) is 0 Å². The Morgan fingerprint density at radius 1 is 1.07 bits per heavy atom. The van der Waals surface area contributed by atoms with Crippen LogP contribution < -0.4 is 10.6 Å². The Kier molecular flexibility index (Phi) is 8.37. The Morgan fingerprint density at radius 3 is 2.66 bits per heavy atom. The van der Waals surface area contributed by atoms with Gasteiger partial charge in [0.1, 0.15) is 17.7 Å². The predicted molar refractivity (Wildman–Crippen MR) is 149 cm³/mol. The zero-order valence-corrected chi connectivity index (χ0v) is 23.4. The molecule has 41 heavy (non-hydrogen) atoms. The number of nitrogens with zero attached hydrogens (tertiary/aromatic N) is 6. The highest BCUT2D eigenvalue weighted by Crippen LogP contribution is 2.22. The lowest BCUT2D eigenvalue weighted by atomic mass is 10.0. The topological polar surface area (TPSA) is 148 Å². The minimum absolute atomic E-state index is 0.0203. The van der Waals surface area contributed by atoms with Crippen molar-refractivity contribution in [2.45, 2.75) is 58.7 Å². The molecule has 2 atom stereocenters. The summed E-state index contributed by atoms with van der Waals surface area (Å²) in [5.74, 6) is 0.338. The molecule has 12 heteroatoms. The van der Waals surface area contributed by atoms with Crippen LogP contribution in [0.3, 0.4) is 0 Å². The van der Waals surface area contributed by atoms with Crippen LogP contribution in [0.15, 0.2) is 53.2 Å². The second kappa shape index (κ2) is 12.3. The second-order valence-electron chi connectivity index (χ2n) is 10.6. The molecule has 4 aromatic rings. The van der Waals surface area contributed by atoms with Gasteiger partial charge in [-0.3, -0.25) is 14.4 Å². The van der Waals surface area contributed by atoms with Crippen molar-refractivity contribution < 1.29 is 18.9 Å². The summed E-state index contributed by atoms with van der Waals surface area (Å²) in [7, 11) is 0. The van der Waals surface area contributed by atoms with Gasteiger partial charge >= 0.3 is 0 Å². The largest absolute Gasteiger partial charge is 0.348 e. The van der Waals surface area contributed by atoms with Crippen LogP contribution in [-0.4, -0.2) is 66.7 Å². The lowest BCUT2D eigenvalue weighted by Crippen LogP contribution is -2.50. The predicted octanol–water partition coefficient (Wildman–Crippen LogP) is 2.60. The number of fused-ring (bicyclic) bond motifs is 2. The number of pyridine rings is 1. The van der Waals surface area contributed by atoms with Gasteiger partial charge in [0.05, 0.1) is 18.0 Å². The molecule has 0 aliphatic carbocycles. The Bertz CT molecular complexity index is 1530. The minimum Gasteiger partial charge on any atom is -0.348 e. The van der Waals surface area contributed by atoms with Gasteiger partial charge in [0.25, 0.3) is 5.91 Å². The van der Waals surface area contributed by atoms with Crippen molar-refractivity contribution in [3.63, 3.8) is 0 Å². The van der Waals surface area contributed by atoms with Gasteiger partial charge in [0, 0.05) is 32.1 Å². The van der Waals surface area contributed by atoms with Crippen LogP contribution >= 0.6 is 0 Å². The van der Waals surface area contributed by atoms with E-state index in [1.807, 2.05) is 44.2 Å². The minimum atomic E-state index is -0.780. The Hall–Kier alpha value is -4.61. The van der Waals surface area contributed by atoms with Gasteiger partial charge in [-0.25, -0.2) is 14.6 Å². The highest BCUT2D eigenvalue weighted by molar-refractivity contribution is 6.02. The van der Waals surface area contributed by atoms with E-state index in [2.05, 4.69) is 30.9 Å². The smallest absolute Gasteiger partial charge is 0.293 e. The van der Waals surface area contributed by atoms with E-state index < -0.39 is 12.1 Å². The fraction of sp³-hybridized carbons (Fsp3) is 0.414. The third-order valence-electron chi connectivity index (χ3n) is 7.13. The Morgan fingerprint density at radius 2 is 1.88 bits per heavy atom. The van der Waals surface area contributed by atoms with Crippen LogP contribution in [0.1, 0.15) is 60.5 Å². The second-order valence-corrected chi connectivity index (χ2v) is 10.6. The molecule has 2 N–H and O–H groups in total. The average molecular weight is 559 g/mol. The van der Waals surface area contributed by atoms with Crippen molar-refractivity contribution in [1.29, 1.82) is 0 Å². The first-order valence-corrected chi connectivity index (χ1v) is 13.8. The summed E-state index contributed by atoms with van der Waals surface area (Å²) in [6, 6.07) is 11.8. The van der Waals surface area contributed by atoms with Gasteiger partial charge in [0.2, 0.25) is 23.2 Å². The number of amides is 3. The first-order valence-electron chi connectivity index (χ1n) is 13.8. The lowest BCUT2D eigenvalue weighted by Gasteiger charge is -2.27. The number of aryl methyl sites for hydroxylation is 1. The summed E-state index contributed by atoms with van der Waals surface area (Å²) in [5, 5.41) is 15.1. The number of nitrogens with one attached hydrogen (secondary N) is 2. The molecule has 0 spiro atoms. The third kappa shape index (κ3) is 6.42. The number of rotatable bonds is 4. The first-order chi connectivity index (χ1) is 19.8. The molecule has 3 amide bonds. The van der Waals surface area contributed by atoms with Crippen LogP contribution in [-0.2, 0) is 22.6 Å². The van der Waals surface area contributed by atoms with Gasteiger partial charge in [-0.05, 0) is 37.0 Å². The van der Waals surface area contributed by atoms with Crippen molar-refractivity contribution in [1.82, 2.24) is 40.4 Å². The summed E-state index contributed by atoms with van der Waals surface area (Å²) in [6.07, 6.45) is 2.46. The highest BCUT2D eigenvalue weighted by atomic mass is 16.5. The van der Waals surface area contributed by atoms with E-state index in [1.54, 1.807) is 34.8 Å². The van der Waals surface area contributed by atoms with Crippen LogP contribution in [0.2, 0.25) is 0 Å². The highest BCUT2D eigenvalue weighted by Gasteiger charge is 2.30. The molecule has 0 saturated heterocycles. The van der Waals surface area contributed by atoms with E-state index in [0.29, 0.717) is 48.6 Å². The number of carbonyl (C=O) groups excluding carboxylic acids is 3. The molecular weight excluding hydrogens is 524 g/mol. The molecule has 0 unspecified atom stereocenters. The van der Waals surface area contributed by atoms with Crippen LogP contribution in [0, 0.1) is 12.8 Å². The molecule has 4 heterocycles. The maximum absolute atomic E-state index is 13.6. The van der Waals surface area contributed by atoms with Crippen LogP contribution in [0.4, 0.5) is 0 Å². The number of hydrogen-bond acceptors (Lipinski definition) is 8. The maximum atomic E-state index is 13.6. The van der Waals surface area contributed by atoms with E-state index in [0.717, 1.165) is 5.56 Å². The van der Waals surface area contributed by atoms with Gasteiger partial charge in [0.15, 0.2) is 0 Å². The van der Waals surface area contributed by atoms with Crippen LogP contribution in [0.25, 0.3) is 11.0 Å². The molecule has 0 fully saturated rings. The SMILES string of the molecule is Cc1nc2n(n1)CCN(C(=O)c1onc3ncccc13)CCCC(=O)N[C@@H](Cc1ccccc1)C(=O)N[C@@H]2C(C)C. The lowest BCUT2D eigenvalue weighted by molar-refractivity contribution is -0.129. The van der Waals surface area contributed by atoms with E-state index in [4.69, 9.17) is 4.52 Å². The summed E-state index contributed by atoms with van der Waals surface area (Å²) in [5.41, 5.74) is 1.28. The first kappa shape index (κ1) is 27.9. The molecular formula is C29H34N8O4. The molecule has 3 aromatic heterocycles. The van der Waals surface area contributed by atoms with Crippen LogP contribution in [0.5, 0.6) is 0 Å². The molecule has 5 rings (SSSR count). The monoisotopic (exact) mass is 558 g/mol. The fourth-order valence-electron chi connectivity index (χ4n) is 5.02. The zero-order valence-electron chi connectivity index (χ0n) is 23.4. The van der Waals surface area contributed by atoms with E-state index in [9.17, 15) is 14.4 Å². The standard InChI is InChI=1S/C29H34N8O4/c1-18(2)24-27-31-19(3)34-37(27)16-15-36(29(40)25-21-11-7-13-30-26(21)35-41-25)14-8-12-23(38)32-22(28(39)33-24)17-20-9-5-4-6-10-20/h4-7,9-11,13,18,22,24H,8,12,14-17H2,1-3H3,(H,32,38)(H,33,39)/t22-,24+/m0/s1. The molecule has 12 nitrogen and oxygen atoms in total. The van der Waals surface area contributed by atoms with E-state index in [1.165, 1.54) is 0 Å². The Balaban J connectivity index is 1.46. The maximum Gasteiger partial charge on any atom is 0.293 e. The number of aromatic nitrogens is 5. The summed E-state index contributed by atoms with van der Waals surface area (Å²) in [6.45, 7) is 6.69. The summed E-state index contributed by atoms with van der Waals surface area (Å²) >= 11 is 0. The van der Waals surface area contributed by atoms with Crippen molar-refractivity contribution >= 4 is 28.8 Å². The molecule has 0 bridgehead atoms. The quantitative estimate of drug-likeness (QED) is 0.388. The van der Waals surface area contributed by atoms with Gasteiger partial charge in [-0.15, -0.1) is 0 Å². The third-order valence-corrected chi connectivity index (χ3v) is 7.13. The summed E-state index contributed by atoms with van der Waals surface area (Å²) in [4.78, 5) is 50.7. The van der Waals surface area contributed by atoms with Crippen molar-refractivity contribution in [3.05, 3.63) is 71.6 Å². The van der Waals surface area contributed by atoms with Gasteiger partial charge in [-0.2, -0.15) is 5.10 Å². The van der Waals surface area contributed by atoms with E-state index in [-0.39, 0.29) is 42.4 Å². The number of hydrogen-bond donors (Lipinski definition) is 2. The molecule has 1 aromatic carbocycles. The molecule has 1 aliphatic heterocycles. The summed E-state index contributed by atoms with van der Waals surface area (Å²) < 4.78 is 7.15. The zero-order chi connectivity index (χ0) is 28.9. The average Bonchev–Trinajstić information content (AvgIpc) is 3.55. The van der Waals surface area contributed by atoms with Gasteiger partial charge < -0.3 is 20.1 Å². The molecule has 1 aliphatic rings. The van der Waals surface area contributed by atoms with Crippen molar-refractivity contribution in [2.75, 3.05) is 13.1 Å². The van der Waals surface area contributed by atoms with Gasteiger partial charge in [-0.1, -0.05) is 49.3 Å². The number of benzene rings is 1. The molecule has 214 valence electrons. The fourth-order valence-corrected chi connectivity index (χ4v) is 5.02. The molecule has 0 radical (unpaired) electrons. The van der Waals surface area contributed by atoms with Crippen molar-refractivity contribution in [2.24, 2.45) is 5.92 Å². The Labute approximate surface area is 237 Å². The van der Waals surface area contributed by atoms with E-state index >= 15 is 0 Å². The molecule has 0 saturated carbocycles. The number of carbonyl (C=O) groups is 3. The normalized spacial score (nSPS) is 19.0.